The van der Waals surface area contributed by atoms with Crippen LogP contribution in [0.3, 0.4) is 0 Å². The van der Waals surface area contributed by atoms with Gasteiger partial charge in [0.25, 0.3) is 5.69 Å². The number of carbonyl (C=O) groups excluding carboxylic acids is 1. The first-order chi connectivity index (χ1) is 7.11. The molecule has 2 amide bonds. The van der Waals surface area contributed by atoms with Gasteiger partial charge in [0, 0.05) is 13.1 Å². The van der Waals surface area contributed by atoms with Gasteiger partial charge >= 0.3 is 6.03 Å². The van der Waals surface area contributed by atoms with Crippen LogP contribution in [0.5, 0.6) is 0 Å². The summed E-state index contributed by atoms with van der Waals surface area (Å²) < 4.78 is 0. The number of amides is 2. The number of anilines is 1. The molecule has 1 heterocycles. The molecule has 0 fully saturated rings. The van der Waals surface area contributed by atoms with Crippen LogP contribution in [0.2, 0.25) is 0 Å². The summed E-state index contributed by atoms with van der Waals surface area (Å²) in [6.07, 6.45) is 0. The SMILES string of the molecule is CN1C(=O)NCc2c1cccc2[N+](=O)[O-]. The zero-order valence-electron chi connectivity index (χ0n) is 8.06. The molecule has 1 aromatic carbocycles. The third-order valence-corrected chi connectivity index (χ3v) is 2.41. The first-order valence-electron chi connectivity index (χ1n) is 4.39. The van der Waals surface area contributed by atoms with Crippen LogP contribution in [-0.2, 0) is 6.54 Å². The van der Waals surface area contributed by atoms with Crippen LogP contribution in [0.25, 0.3) is 0 Å². The minimum Gasteiger partial charge on any atom is -0.333 e. The number of nitro groups is 1. The Kier molecular flexibility index (Phi) is 2.03. The van der Waals surface area contributed by atoms with Crippen LogP contribution in [0, 0.1) is 10.1 Å². The third-order valence-electron chi connectivity index (χ3n) is 2.41. The van der Waals surface area contributed by atoms with Crippen molar-refractivity contribution in [2.75, 3.05) is 11.9 Å². The Morgan fingerprint density at radius 2 is 2.27 bits per heavy atom. The Hall–Kier alpha value is -2.11. The minimum absolute atomic E-state index is 0.0411. The molecule has 0 spiro atoms. The number of rotatable bonds is 1. The van der Waals surface area contributed by atoms with Crippen LogP contribution in [0.15, 0.2) is 18.2 Å². The molecule has 0 saturated carbocycles. The van der Waals surface area contributed by atoms with Gasteiger partial charge in [-0.05, 0) is 6.07 Å². The molecule has 0 unspecified atom stereocenters. The molecule has 0 aliphatic carbocycles. The molecular formula is C9H9N3O3. The van der Waals surface area contributed by atoms with Gasteiger partial charge in [-0.25, -0.2) is 4.79 Å². The molecule has 1 N–H and O–H groups in total. The second kappa shape index (κ2) is 3.23. The van der Waals surface area contributed by atoms with Crippen LogP contribution in [0.4, 0.5) is 16.2 Å². The number of fused-ring (bicyclic) bond motifs is 1. The number of nitrogens with zero attached hydrogens (tertiary/aromatic N) is 2. The number of benzene rings is 1. The Labute approximate surface area is 85.6 Å². The molecule has 0 atom stereocenters. The van der Waals surface area contributed by atoms with Gasteiger partial charge in [0.15, 0.2) is 0 Å². The molecule has 2 rings (SSSR count). The molecule has 0 radical (unpaired) electrons. The third kappa shape index (κ3) is 1.39. The lowest BCUT2D eigenvalue weighted by Gasteiger charge is -2.25. The fourth-order valence-corrected chi connectivity index (χ4v) is 1.62. The van der Waals surface area contributed by atoms with E-state index in [1.165, 1.54) is 11.0 Å². The number of urea groups is 1. The predicted molar refractivity (Wildman–Crippen MR) is 53.7 cm³/mol. The topological polar surface area (TPSA) is 75.5 Å². The van der Waals surface area contributed by atoms with E-state index < -0.39 is 4.92 Å². The number of carbonyl (C=O) groups is 1. The Bertz CT molecular complexity index is 444. The summed E-state index contributed by atoms with van der Waals surface area (Å²) in [5, 5.41) is 13.3. The molecule has 0 saturated heterocycles. The highest BCUT2D eigenvalue weighted by atomic mass is 16.6. The maximum absolute atomic E-state index is 11.3. The Balaban J connectivity index is 2.58. The molecule has 6 heteroatoms. The second-order valence-corrected chi connectivity index (χ2v) is 3.25. The van der Waals surface area contributed by atoms with Gasteiger partial charge in [0.1, 0.15) is 0 Å². The van der Waals surface area contributed by atoms with Gasteiger partial charge in [-0.2, -0.15) is 0 Å². The van der Waals surface area contributed by atoms with Gasteiger partial charge in [-0.3, -0.25) is 15.0 Å². The van der Waals surface area contributed by atoms with E-state index in [0.29, 0.717) is 11.3 Å². The van der Waals surface area contributed by atoms with Gasteiger partial charge in [0.05, 0.1) is 22.7 Å². The predicted octanol–water partition coefficient (Wildman–Crippen LogP) is 1.25. The molecule has 1 aliphatic rings. The van der Waals surface area contributed by atoms with Crippen molar-refractivity contribution < 1.29 is 9.72 Å². The highest BCUT2D eigenvalue weighted by molar-refractivity contribution is 5.95. The van der Waals surface area contributed by atoms with Crippen LogP contribution in [0.1, 0.15) is 5.56 Å². The molecule has 0 bridgehead atoms. The van der Waals surface area contributed by atoms with Gasteiger partial charge in [-0.1, -0.05) is 6.07 Å². The summed E-state index contributed by atoms with van der Waals surface area (Å²) in [6, 6.07) is 4.46. The quantitative estimate of drug-likeness (QED) is 0.556. The summed E-state index contributed by atoms with van der Waals surface area (Å²) in [6.45, 7) is 0.204. The number of nitro benzene ring substituents is 1. The normalized spacial score (nSPS) is 14.5. The highest BCUT2D eigenvalue weighted by Crippen LogP contribution is 2.30. The smallest absolute Gasteiger partial charge is 0.321 e. The summed E-state index contributed by atoms with van der Waals surface area (Å²) in [7, 11) is 1.58. The van der Waals surface area contributed by atoms with E-state index in [1.807, 2.05) is 0 Å². The molecule has 78 valence electrons. The van der Waals surface area contributed by atoms with Crippen molar-refractivity contribution >= 4 is 17.4 Å². The number of nitrogens with one attached hydrogen (secondary N) is 1. The Morgan fingerprint density at radius 1 is 1.53 bits per heavy atom. The number of hydrogen-bond donors (Lipinski definition) is 1. The molecule has 6 nitrogen and oxygen atoms in total. The Morgan fingerprint density at radius 3 is 2.93 bits per heavy atom. The minimum atomic E-state index is -0.440. The van der Waals surface area contributed by atoms with Crippen molar-refractivity contribution in [1.82, 2.24) is 5.32 Å². The van der Waals surface area contributed by atoms with Crippen molar-refractivity contribution in [3.8, 4) is 0 Å². The molecule has 15 heavy (non-hydrogen) atoms. The highest BCUT2D eigenvalue weighted by Gasteiger charge is 2.26. The summed E-state index contributed by atoms with van der Waals surface area (Å²) in [5.41, 5.74) is 1.18. The number of hydrogen-bond acceptors (Lipinski definition) is 3. The van der Waals surface area contributed by atoms with E-state index in [4.69, 9.17) is 0 Å². The maximum Gasteiger partial charge on any atom is 0.321 e. The van der Waals surface area contributed by atoms with Crippen molar-refractivity contribution in [3.63, 3.8) is 0 Å². The molecule has 0 aromatic heterocycles. The largest absolute Gasteiger partial charge is 0.333 e. The fraction of sp³-hybridized carbons (Fsp3) is 0.222. The lowest BCUT2D eigenvalue weighted by atomic mass is 10.1. The van der Waals surface area contributed by atoms with E-state index in [0.717, 1.165) is 0 Å². The van der Waals surface area contributed by atoms with Crippen molar-refractivity contribution in [1.29, 1.82) is 0 Å². The molecular weight excluding hydrogens is 198 g/mol. The first kappa shape index (κ1) is 9.45. The van der Waals surface area contributed by atoms with Crippen LogP contribution in [-0.4, -0.2) is 18.0 Å². The van der Waals surface area contributed by atoms with Crippen LogP contribution >= 0.6 is 0 Å². The zero-order chi connectivity index (χ0) is 11.0. The fourth-order valence-electron chi connectivity index (χ4n) is 1.62. The average Bonchev–Trinajstić information content (AvgIpc) is 2.23. The zero-order valence-corrected chi connectivity index (χ0v) is 8.06. The molecule has 1 aliphatic heterocycles. The van der Waals surface area contributed by atoms with Gasteiger partial charge in [0.2, 0.25) is 0 Å². The summed E-state index contributed by atoms with van der Waals surface area (Å²) in [4.78, 5) is 22.9. The van der Waals surface area contributed by atoms with E-state index in [2.05, 4.69) is 5.32 Å². The van der Waals surface area contributed by atoms with Crippen molar-refractivity contribution in [2.45, 2.75) is 6.54 Å². The lowest BCUT2D eigenvalue weighted by Crippen LogP contribution is -2.41. The maximum atomic E-state index is 11.3. The van der Waals surface area contributed by atoms with Crippen molar-refractivity contribution in [2.24, 2.45) is 0 Å². The van der Waals surface area contributed by atoms with Gasteiger partial charge < -0.3 is 5.32 Å². The summed E-state index contributed by atoms with van der Waals surface area (Å²) in [5.74, 6) is 0. The second-order valence-electron chi connectivity index (χ2n) is 3.25. The first-order valence-corrected chi connectivity index (χ1v) is 4.39. The average molecular weight is 207 g/mol. The van der Waals surface area contributed by atoms with Crippen molar-refractivity contribution in [3.05, 3.63) is 33.9 Å². The molecule has 1 aromatic rings. The van der Waals surface area contributed by atoms with E-state index in [1.54, 1.807) is 19.2 Å². The van der Waals surface area contributed by atoms with E-state index >= 15 is 0 Å². The monoisotopic (exact) mass is 207 g/mol. The lowest BCUT2D eigenvalue weighted by molar-refractivity contribution is -0.385. The summed E-state index contributed by atoms with van der Waals surface area (Å²) >= 11 is 0. The van der Waals surface area contributed by atoms with E-state index in [9.17, 15) is 14.9 Å². The van der Waals surface area contributed by atoms with E-state index in [-0.39, 0.29) is 18.3 Å². The van der Waals surface area contributed by atoms with Gasteiger partial charge in [-0.15, -0.1) is 0 Å². The van der Waals surface area contributed by atoms with Crippen LogP contribution < -0.4 is 10.2 Å². The standard InChI is InChI=1S/C9H9N3O3/c1-11-7-3-2-4-8(12(14)15)6(7)5-10-9(11)13/h2-4H,5H2,1H3,(H,10,13).